The number of hydrogen-bond donors (Lipinski definition) is 2. The molecular formula is C10H20F3NO. The van der Waals surface area contributed by atoms with Gasteiger partial charge in [-0.1, -0.05) is 0 Å². The Morgan fingerprint density at radius 3 is 2.00 bits per heavy atom. The maximum Gasteiger partial charge on any atom is 0.389 e. The van der Waals surface area contributed by atoms with Crippen LogP contribution in [0.2, 0.25) is 0 Å². The molecule has 0 aliphatic heterocycles. The lowest BCUT2D eigenvalue weighted by atomic mass is 10.2. The molecule has 0 aromatic carbocycles. The van der Waals surface area contributed by atoms with Crippen LogP contribution in [-0.2, 0) is 0 Å². The van der Waals surface area contributed by atoms with Gasteiger partial charge >= 0.3 is 6.18 Å². The van der Waals surface area contributed by atoms with Crippen LogP contribution in [0.3, 0.4) is 0 Å². The van der Waals surface area contributed by atoms with Crippen molar-refractivity contribution in [3.63, 3.8) is 0 Å². The molecule has 5 heteroatoms. The Kier molecular flexibility index (Phi) is 8.80. The van der Waals surface area contributed by atoms with E-state index in [1.807, 2.05) is 0 Å². The molecule has 0 spiro atoms. The molecule has 0 fully saturated rings. The van der Waals surface area contributed by atoms with Crippen molar-refractivity contribution < 1.29 is 18.3 Å². The van der Waals surface area contributed by atoms with Crippen LogP contribution >= 0.6 is 0 Å². The zero-order chi connectivity index (χ0) is 11.6. The topological polar surface area (TPSA) is 32.3 Å². The van der Waals surface area contributed by atoms with Gasteiger partial charge in [-0.2, -0.15) is 13.2 Å². The normalized spacial score (nSPS) is 12.0. The second-order valence-corrected chi connectivity index (χ2v) is 3.61. The molecule has 0 saturated heterocycles. The molecule has 15 heavy (non-hydrogen) atoms. The predicted octanol–water partition coefficient (Wildman–Crippen LogP) is 2.47. The number of nitrogens with one attached hydrogen (secondary N) is 1. The van der Waals surface area contributed by atoms with Crippen molar-refractivity contribution in [1.82, 2.24) is 5.32 Å². The summed E-state index contributed by atoms with van der Waals surface area (Å²) in [6.07, 6.45) is -1.19. The molecule has 0 unspecified atom stereocenters. The van der Waals surface area contributed by atoms with Crippen LogP contribution in [0.5, 0.6) is 0 Å². The smallest absolute Gasteiger partial charge is 0.389 e. The van der Waals surface area contributed by atoms with E-state index in [0.717, 1.165) is 25.8 Å². The lowest BCUT2D eigenvalue weighted by Crippen LogP contribution is -2.17. The van der Waals surface area contributed by atoms with E-state index in [2.05, 4.69) is 5.32 Å². The van der Waals surface area contributed by atoms with Gasteiger partial charge in [-0.15, -0.1) is 0 Å². The van der Waals surface area contributed by atoms with Crippen LogP contribution in [0.15, 0.2) is 0 Å². The van der Waals surface area contributed by atoms with E-state index in [-0.39, 0.29) is 13.0 Å². The van der Waals surface area contributed by atoms with Gasteiger partial charge in [0.1, 0.15) is 0 Å². The molecule has 0 bridgehead atoms. The van der Waals surface area contributed by atoms with Gasteiger partial charge in [0.15, 0.2) is 0 Å². The Morgan fingerprint density at radius 2 is 1.47 bits per heavy atom. The number of hydrogen-bond acceptors (Lipinski definition) is 2. The molecule has 0 aromatic heterocycles. The molecule has 0 rings (SSSR count). The summed E-state index contributed by atoms with van der Waals surface area (Å²) in [5.41, 5.74) is 0. The van der Waals surface area contributed by atoms with Crippen molar-refractivity contribution in [1.29, 1.82) is 0 Å². The van der Waals surface area contributed by atoms with Crippen molar-refractivity contribution in [3.8, 4) is 0 Å². The number of halogens is 3. The van der Waals surface area contributed by atoms with Crippen LogP contribution < -0.4 is 5.32 Å². The molecule has 92 valence electrons. The van der Waals surface area contributed by atoms with E-state index in [1.54, 1.807) is 0 Å². The van der Waals surface area contributed by atoms with Crippen molar-refractivity contribution in [2.75, 3.05) is 19.7 Å². The maximum atomic E-state index is 11.7. The number of rotatable bonds is 9. The molecular weight excluding hydrogens is 207 g/mol. The van der Waals surface area contributed by atoms with Gasteiger partial charge in [0.2, 0.25) is 0 Å². The molecule has 0 saturated carbocycles. The van der Waals surface area contributed by atoms with E-state index in [9.17, 15) is 13.2 Å². The van der Waals surface area contributed by atoms with Gasteiger partial charge in [-0.3, -0.25) is 0 Å². The Hall–Kier alpha value is -0.290. The summed E-state index contributed by atoms with van der Waals surface area (Å²) < 4.78 is 35.2. The first-order chi connectivity index (χ1) is 7.06. The average molecular weight is 227 g/mol. The highest BCUT2D eigenvalue weighted by molar-refractivity contribution is 4.54. The lowest BCUT2D eigenvalue weighted by Gasteiger charge is -2.06. The van der Waals surface area contributed by atoms with Crippen LogP contribution in [-0.4, -0.2) is 31.0 Å². The molecule has 0 atom stereocenters. The number of aliphatic hydroxyl groups excluding tert-OH is 1. The van der Waals surface area contributed by atoms with E-state index >= 15 is 0 Å². The fourth-order valence-electron chi connectivity index (χ4n) is 1.24. The summed E-state index contributed by atoms with van der Waals surface area (Å²) in [5.74, 6) is 0. The Balaban J connectivity index is 2.99. The van der Waals surface area contributed by atoms with E-state index in [0.29, 0.717) is 13.0 Å². The van der Waals surface area contributed by atoms with Crippen LogP contribution in [0.4, 0.5) is 13.2 Å². The number of unbranched alkanes of at least 4 members (excludes halogenated alkanes) is 3. The third kappa shape index (κ3) is 13.7. The summed E-state index contributed by atoms with van der Waals surface area (Å²) >= 11 is 0. The van der Waals surface area contributed by atoms with E-state index < -0.39 is 12.6 Å². The molecule has 0 aliphatic rings. The fourth-order valence-corrected chi connectivity index (χ4v) is 1.24. The van der Waals surface area contributed by atoms with Gasteiger partial charge in [0, 0.05) is 13.0 Å². The minimum Gasteiger partial charge on any atom is -0.396 e. The summed E-state index contributed by atoms with van der Waals surface area (Å²) in [4.78, 5) is 0. The Morgan fingerprint density at radius 1 is 0.867 bits per heavy atom. The van der Waals surface area contributed by atoms with Crippen molar-refractivity contribution in [3.05, 3.63) is 0 Å². The van der Waals surface area contributed by atoms with Gasteiger partial charge in [-0.05, 0) is 45.2 Å². The molecule has 0 amide bonds. The number of alkyl halides is 3. The second kappa shape index (κ2) is 8.97. The minimum absolute atomic E-state index is 0.202. The summed E-state index contributed by atoms with van der Waals surface area (Å²) in [6, 6.07) is 0. The number of aliphatic hydroxyl groups is 1. The SMILES string of the molecule is OCCCCCNCCCCC(F)(F)F. The van der Waals surface area contributed by atoms with Crippen LogP contribution in [0, 0.1) is 0 Å². The monoisotopic (exact) mass is 227 g/mol. The third-order valence-electron chi connectivity index (χ3n) is 2.08. The van der Waals surface area contributed by atoms with Gasteiger partial charge in [-0.25, -0.2) is 0 Å². The average Bonchev–Trinajstić information content (AvgIpc) is 2.14. The molecule has 2 nitrogen and oxygen atoms in total. The molecule has 0 aliphatic carbocycles. The van der Waals surface area contributed by atoms with Crippen molar-refractivity contribution in [2.24, 2.45) is 0 Å². The second-order valence-electron chi connectivity index (χ2n) is 3.61. The molecule has 2 N–H and O–H groups in total. The quantitative estimate of drug-likeness (QED) is 0.593. The summed E-state index contributed by atoms with van der Waals surface area (Å²) in [7, 11) is 0. The van der Waals surface area contributed by atoms with Crippen LogP contribution in [0.25, 0.3) is 0 Å². The predicted molar refractivity (Wildman–Crippen MR) is 53.7 cm³/mol. The summed E-state index contributed by atoms with van der Waals surface area (Å²) in [5, 5.41) is 11.6. The molecule has 0 heterocycles. The fraction of sp³-hybridized carbons (Fsp3) is 1.00. The first-order valence-electron chi connectivity index (χ1n) is 5.44. The highest BCUT2D eigenvalue weighted by Gasteiger charge is 2.25. The lowest BCUT2D eigenvalue weighted by molar-refractivity contribution is -0.135. The molecule has 0 radical (unpaired) electrons. The van der Waals surface area contributed by atoms with Gasteiger partial charge in [0.05, 0.1) is 0 Å². The van der Waals surface area contributed by atoms with E-state index in [4.69, 9.17) is 5.11 Å². The van der Waals surface area contributed by atoms with Crippen molar-refractivity contribution in [2.45, 2.75) is 44.7 Å². The largest absolute Gasteiger partial charge is 0.396 e. The van der Waals surface area contributed by atoms with E-state index in [1.165, 1.54) is 0 Å². The van der Waals surface area contributed by atoms with Gasteiger partial charge in [0.25, 0.3) is 0 Å². The minimum atomic E-state index is -4.01. The van der Waals surface area contributed by atoms with Gasteiger partial charge < -0.3 is 10.4 Å². The maximum absolute atomic E-state index is 11.7. The Bertz CT molecular complexity index is 139. The van der Waals surface area contributed by atoms with Crippen molar-refractivity contribution >= 4 is 0 Å². The zero-order valence-corrected chi connectivity index (χ0v) is 8.95. The zero-order valence-electron chi connectivity index (χ0n) is 8.95. The highest BCUT2D eigenvalue weighted by atomic mass is 19.4. The Labute approximate surface area is 88.9 Å². The highest BCUT2D eigenvalue weighted by Crippen LogP contribution is 2.21. The molecule has 0 aromatic rings. The first kappa shape index (κ1) is 14.7. The van der Waals surface area contributed by atoms with Crippen LogP contribution in [0.1, 0.15) is 38.5 Å². The first-order valence-corrected chi connectivity index (χ1v) is 5.44. The standard InChI is InChI=1S/C10H20F3NO/c11-10(12,13)6-2-4-8-14-7-3-1-5-9-15/h14-15H,1-9H2. The summed E-state index contributed by atoms with van der Waals surface area (Å²) in [6.45, 7) is 1.69. The third-order valence-corrected chi connectivity index (χ3v) is 2.08.